The summed E-state index contributed by atoms with van der Waals surface area (Å²) in [5.41, 5.74) is 0. The molecule has 1 saturated heterocycles. The molecule has 22 heavy (non-hydrogen) atoms. The fourth-order valence-electron chi connectivity index (χ4n) is 2.31. The number of hydrogen-bond acceptors (Lipinski definition) is 7. The van der Waals surface area contributed by atoms with E-state index in [1.165, 1.54) is 0 Å². The molecule has 0 bridgehead atoms. The Kier molecular flexibility index (Phi) is 5.18. The summed E-state index contributed by atoms with van der Waals surface area (Å²) < 4.78 is 21.3. The van der Waals surface area contributed by atoms with Crippen LogP contribution in [-0.4, -0.2) is 48.9 Å². The van der Waals surface area contributed by atoms with Crippen LogP contribution in [0.2, 0.25) is 0 Å². The Hall–Kier alpha value is -1.89. The van der Waals surface area contributed by atoms with Crippen molar-refractivity contribution in [3.63, 3.8) is 0 Å². The molecule has 7 heteroatoms. The Bertz CT molecular complexity index is 484. The van der Waals surface area contributed by atoms with Gasteiger partial charge >= 0.3 is 17.9 Å². The molecule has 122 valence electrons. The van der Waals surface area contributed by atoms with E-state index in [4.69, 9.17) is 18.9 Å². The van der Waals surface area contributed by atoms with Gasteiger partial charge in [0.25, 0.3) is 0 Å². The van der Waals surface area contributed by atoms with Crippen molar-refractivity contribution >= 4 is 17.9 Å². The quantitative estimate of drug-likeness (QED) is 0.559. The van der Waals surface area contributed by atoms with Gasteiger partial charge in [-0.3, -0.25) is 4.79 Å². The van der Waals surface area contributed by atoms with Crippen molar-refractivity contribution in [3.8, 4) is 0 Å². The van der Waals surface area contributed by atoms with E-state index in [2.05, 4.69) is 0 Å². The number of carbonyl (C=O) groups excluding carboxylic acids is 3. The van der Waals surface area contributed by atoms with Crippen LogP contribution in [0.25, 0.3) is 0 Å². The van der Waals surface area contributed by atoms with Crippen LogP contribution in [0.3, 0.4) is 0 Å². The number of fused-ring (bicyclic) bond motifs is 1. The van der Waals surface area contributed by atoms with Gasteiger partial charge in [-0.05, 0) is 13.3 Å². The smallest absolute Gasteiger partial charge is 0.331 e. The fourth-order valence-corrected chi connectivity index (χ4v) is 2.31. The first kappa shape index (κ1) is 16.5. The van der Waals surface area contributed by atoms with E-state index in [0.717, 1.165) is 12.2 Å². The largest absolute Gasteiger partial charge is 0.463 e. The van der Waals surface area contributed by atoms with E-state index < -0.39 is 36.4 Å². The highest BCUT2D eigenvalue weighted by molar-refractivity contribution is 5.92. The van der Waals surface area contributed by atoms with Crippen molar-refractivity contribution in [1.29, 1.82) is 0 Å². The molecular weight excluding hydrogens is 292 g/mol. The van der Waals surface area contributed by atoms with Gasteiger partial charge in [-0.2, -0.15) is 0 Å². The summed E-state index contributed by atoms with van der Waals surface area (Å²) in [5, 5.41) is 0. The zero-order chi connectivity index (χ0) is 16.3. The highest BCUT2D eigenvalue weighted by atomic mass is 16.6. The summed E-state index contributed by atoms with van der Waals surface area (Å²) in [6.07, 6.45) is 0.0712. The van der Waals surface area contributed by atoms with Crippen molar-refractivity contribution in [1.82, 2.24) is 0 Å². The van der Waals surface area contributed by atoms with Gasteiger partial charge in [-0.1, -0.05) is 13.8 Å². The van der Waals surface area contributed by atoms with Crippen LogP contribution in [-0.2, 0) is 33.3 Å². The minimum Gasteiger partial charge on any atom is -0.463 e. The fraction of sp³-hybridized carbons (Fsp3) is 0.667. The molecule has 2 aliphatic heterocycles. The van der Waals surface area contributed by atoms with Gasteiger partial charge in [0.05, 0.1) is 12.0 Å². The first-order valence-corrected chi connectivity index (χ1v) is 7.33. The number of rotatable bonds is 4. The molecule has 0 amide bonds. The maximum atomic E-state index is 11.7. The summed E-state index contributed by atoms with van der Waals surface area (Å²) in [4.78, 5) is 34.8. The van der Waals surface area contributed by atoms with Gasteiger partial charge in [0, 0.05) is 12.2 Å². The van der Waals surface area contributed by atoms with Crippen LogP contribution in [0.15, 0.2) is 12.2 Å². The van der Waals surface area contributed by atoms with Gasteiger partial charge < -0.3 is 18.9 Å². The molecule has 1 fully saturated rings. The van der Waals surface area contributed by atoms with Crippen molar-refractivity contribution in [3.05, 3.63) is 12.2 Å². The average molecular weight is 312 g/mol. The zero-order valence-electron chi connectivity index (χ0n) is 12.8. The lowest BCUT2D eigenvalue weighted by molar-refractivity contribution is -0.165. The molecule has 0 aliphatic carbocycles. The zero-order valence-corrected chi connectivity index (χ0v) is 12.8. The van der Waals surface area contributed by atoms with Crippen LogP contribution in [0.5, 0.6) is 0 Å². The highest BCUT2D eigenvalue weighted by Gasteiger charge is 2.48. The number of ether oxygens (including phenoxy) is 4. The summed E-state index contributed by atoms with van der Waals surface area (Å²) >= 11 is 0. The molecular formula is C15H20O7. The van der Waals surface area contributed by atoms with Crippen molar-refractivity contribution in [2.24, 2.45) is 5.92 Å². The molecule has 0 aromatic heterocycles. The summed E-state index contributed by atoms with van der Waals surface area (Å²) in [5.74, 6) is -1.83. The second-order valence-corrected chi connectivity index (χ2v) is 5.46. The molecule has 7 nitrogen and oxygen atoms in total. The number of hydrogen-bond donors (Lipinski definition) is 0. The number of carbonyl (C=O) groups is 3. The van der Waals surface area contributed by atoms with E-state index in [9.17, 15) is 14.4 Å². The Morgan fingerprint density at radius 3 is 2.41 bits per heavy atom. The van der Waals surface area contributed by atoms with Gasteiger partial charge in [-0.15, -0.1) is 0 Å². The van der Waals surface area contributed by atoms with Crippen LogP contribution < -0.4 is 0 Å². The third-order valence-corrected chi connectivity index (χ3v) is 3.81. The van der Waals surface area contributed by atoms with Crippen molar-refractivity contribution in [2.75, 3.05) is 6.61 Å². The Morgan fingerprint density at radius 1 is 1.23 bits per heavy atom. The SMILES string of the molecule is CC[C@@H](C)C(=O)OC[C@H]1O[C@@H](C)[C@@H]2OC(=O)/C=C\C(=O)O[C@@H]21. The Morgan fingerprint density at radius 2 is 1.82 bits per heavy atom. The standard InChI is InChI=1S/C15H20O7/c1-4-8(2)15(18)19-7-10-14-13(9(3)20-10)21-11(16)5-6-12(17)22-14/h5-6,8-10,13-14H,4,7H2,1-3H3/b6-5-/t8-,9+,10-,13+,14-/m1/s1. The van der Waals surface area contributed by atoms with E-state index >= 15 is 0 Å². The second-order valence-electron chi connectivity index (χ2n) is 5.46. The van der Waals surface area contributed by atoms with Gasteiger partial charge in [-0.25, -0.2) is 9.59 Å². The third kappa shape index (κ3) is 3.65. The lowest BCUT2D eigenvalue weighted by atomic mass is 10.1. The maximum Gasteiger partial charge on any atom is 0.331 e. The molecule has 0 spiro atoms. The average Bonchev–Trinajstić information content (AvgIpc) is 2.76. The van der Waals surface area contributed by atoms with Crippen LogP contribution in [0.4, 0.5) is 0 Å². The van der Waals surface area contributed by atoms with Crippen molar-refractivity contribution < 1.29 is 33.3 Å². The van der Waals surface area contributed by atoms with Gasteiger partial charge in [0.15, 0.2) is 12.2 Å². The van der Waals surface area contributed by atoms with E-state index in [-0.39, 0.29) is 18.5 Å². The van der Waals surface area contributed by atoms with Crippen LogP contribution >= 0.6 is 0 Å². The summed E-state index contributed by atoms with van der Waals surface area (Å²) in [6, 6.07) is 0. The molecule has 2 heterocycles. The minimum absolute atomic E-state index is 0.0524. The predicted octanol–water partition coefficient (Wildman–Crippen LogP) is 0.756. The molecule has 0 N–H and O–H groups in total. The molecule has 0 aromatic rings. The number of esters is 3. The molecule has 0 aromatic carbocycles. The first-order valence-electron chi connectivity index (χ1n) is 7.33. The van der Waals surface area contributed by atoms with E-state index in [1.54, 1.807) is 13.8 Å². The monoisotopic (exact) mass is 312 g/mol. The van der Waals surface area contributed by atoms with E-state index in [1.807, 2.05) is 6.92 Å². The molecule has 0 radical (unpaired) electrons. The topological polar surface area (TPSA) is 88.1 Å². The minimum atomic E-state index is -0.791. The Balaban J connectivity index is 2.04. The third-order valence-electron chi connectivity index (χ3n) is 3.81. The summed E-state index contributed by atoms with van der Waals surface area (Å²) in [7, 11) is 0. The van der Waals surface area contributed by atoms with Gasteiger partial charge in [0.1, 0.15) is 12.7 Å². The van der Waals surface area contributed by atoms with E-state index in [0.29, 0.717) is 6.42 Å². The molecule has 2 aliphatic rings. The van der Waals surface area contributed by atoms with Crippen LogP contribution in [0, 0.1) is 5.92 Å². The van der Waals surface area contributed by atoms with Crippen molar-refractivity contribution in [2.45, 2.75) is 51.6 Å². The van der Waals surface area contributed by atoms with Gasteiger partial charge in [0.2, 0.25) is 0 Å². The first-order chi connectivity index (χ1) is 10.4. The lowest BCUT2D eigenvalue weighted by Gasteiger charge is -2.24. The molecule has 0 unspecified atom stereocenters. The molecule has 2 rings (SSSR count). The Labute approximate surface area is 128 Å². The predicted molar refractivity (Wildman–Crippen MR) is 73.6 cm³/mol. The second kappa shape index (κ2) is 6.91. The van der Waals surface area contributed by atoms with Crippen LogP contribution in [0.1, 0.15) is 27.2 Å². The summed E-state index contributed by atoms with van der Waals surface area (Å²) in [6.45, 7) is 5.31. The molecule has 5 atom stereocenters. The highest BCUT2D eigenvalue weighted by Crippen LogP contribution is 2.28. The lowest BCUT2D eigenvalue weighted by Crippen LogP contribution is -2.42. The normalized spacial score (nSPS) is 33.8. The maximum absolute atomic E-state index is 11.7. The molecule has 0 saturated carbocycles.